The van der Waals surface area contributed by atoms with Crippen LogP contribution in [0.2, 0.25) is 0 Å². The molecule has 0 aliphatic carbocycles. The first-order chi connectivity index (χ1) is 9.04. The number of methoxy groups -OCH3 is 1. The minimum atomic E-state index is 0.491. The van der Waals surface area contributed by atoms with Crippen molar-refractivity contribution >= 4 is 21.6 Å². The summed E-state index contributed by atoms with van der Waals surface area (Å²) in [5, 5.41) is 3.48. The third kappa shape index (κ3) is 5.93. The van der Waals surface area contributed by atoms with E-state index in [1.807, 2.05) is 0 Å². The molecular formula is C15H25BrN2O. The lowest BCUT2D eigenvalue weighted by Gasteiger charge is -2.23. The molecule has 1 N–H and O–H groups in total. The number of anilines is 1. The summed E-state index contributed by atoms with van der Waals surface area (Å²) in [4.78, 5) is 2.29. The molecule has 19 heavy (non-hydrogen) atoms. The Bertz CT molecular complexity index is 382. The minimum Gasteiger partial charge on any atom is -0.385 e. The molecule has 0 spiro atoms. The van der Waals surface area contributed by atoms with Crippen LogP contribution in [0.5, 0.6) is 0 Å². The van der Waals surface area contributed by atoms with Gasteiger partial charge in [-0.05, 0) is 30.2 Å². The van der Waals surface area contributed by atoms with Crippen molar-refractivity contribution in [2.45, 2.75) is 32.9 Å². The SMILES string of the molecule is COCCCN(C)c1ccc(Br)cc1CNC(C)C. The highest BCUT2D eigenvalue weighted by Gasteiger charge is 2.08. The molecular weight excluding hydrogens is 304 g/mol. The van der Waals surface area contributed by atoms with E-state index in [9.17, 15) is 0 Å². The molecule has 0 saturated carbocycles. The number of ether oxygens (including phenoxy) is 1. The van der Waals surface area contributed by atoms with Crippen LogP contribution in [0.25, 0.3) is 0 Å². The Morgan fingerprint density at radius 3 is 2.74 bits per heavy atom. The van der Waals surface area contributed by atoms with Crippen molar-refractivity contribution in [1.82, 2.24) is 5.32 Å². The van der Waals surface area contributed by atoms with Gasteiger partial charge in [-0.3, -0.25) is 0 Å². The zero-order valence-electron chi connectivity index (χ0n) is 12.4. The summed E-state index contributed by atoms with van der Waals surface area (Å²) in [7, 11) is 3.88. The summed E-state index contributed by atoms with van der Waals surface area (Å²) in [6.45, 7) is 7.03. The molecule has 1 aromatic rings. The molecule has 0 heterocycles. The first-order valence-electron chi connectivity index (χ1n) is 6.76. The monoisotopic (exact) mass is 328 g/mol. The van der Waals surface area contributed by atoms with Crippen LogP contribution in [-0.2, 0) is 11.3 Å². The summed E-state index contributed by atoms with van der Waals surface area (Å²) in [5.74, 6) is 0. The Morgan fingerprint density at radius 1 is 1.37 bits per heavy atom. The van der Waals surface area contributed by atoms with E-state index in [2.05, 4.69) is 65.2 Å². The van der Waals surface area contributed by atoms with Gasteiger partial charge < -0.3 is 15.0 Å². The molecule has 108 valence electrons. The van der Waals surface area contributed by atoms with Gasteiger partial charge in [0.15, 0.2) is 0 Å². The van der Waals surface area contributed by atoms with E-state index in [0.29, 0.717) is 6.04 Å². The number of nitrogens with zero attached hydrogens (tertiary/aromatic N) is 1. The van der Waals surface area contributed by atoms with Gasteiger partial charge >= 0.3 is 0 Å². The van der Waals surface area contributed by atoms with Crippen LogP contribution in [0.3, 0.4) is 0 Å². The summed E-state index contributed by atoms with van der Waals surface area (Å²) in [6.07, 6.45) is 1.04. The number of benzene rings is 1. The van der Waals surface area contributed by atoms with Gasteiger partial charge in [0.25, 0.3) is 0 Å². The molecule has 0 radical (unpaired) electrons. The van der Waals surface area contributed by atoms with Gasteiger partial charge in [0.2, 0.25) is 0 Å². The van der Waals surface area contributed by atoms with Crippen molar-refractivity contribution in [1.29, 1.82) is 0 Å². The molecule has 1 rings (SSSR count). The van der Waals surface area contributed by atoms with Crippen LogP contribution in [0.15, 0.2) is 22.7 Å². The molecule has 3 nitrogen and oxygen atoms in total. The molecule has 0 unspecified atom stereocenters. The molecule has 0 fully saturated rings. The lowest BCUT2D eigenvalue weighted by Crippen LogP contribution is -2.25. The number of nitrogens with one attached hydrogen (secondary N) is 1. The molecule has 4 heteroatoms. The topological polar surface area (TPSA) is 24.5 Å². The average molecular weight is 329 g/mol. The van der Waals surface area contributed by atoms with E-state index in [4.69, 9.17) is 4.74 Å². The Morgan fingerprint density at radius 2 is 2.11 bits per heavy atom. The third-order valence-corrected chi connectivity index (χ3v) is 3.49. The first kappa shape index (κ1) is 16.5. The van der Waals surface area contributed by atoms with Gasteiger partial charge in [-0.1, -0.05) is 29.8 Å². The number of halogens is 1. The van der Waals surface area contributed by atoms with E-state index >= 15 is 0 Å². The van der Waals surface area contributed by atoms with Gasteiger partial charge in [-0.15, -0.1) is 0 Å². The predicted molar refractivity (Wildman–Crippen MR) is 85.9 cm³/mol. The lowest BCUT2D eigenvalue weighted by atomic mass is 10.1. The Balaban J connectivity index is 2.74. The van der Waals surface area contributed by atoms with Crippen molar-refractivity contribution in [3.63, 3.8) is 0 Å². The second-order valence-corrected chi connectivity index (χ2v) is 5.99. The summed E-state index contributed by atoms with van der Waals surface area (Å²) in [5.41, 5.74) is 2.61. The molecule has 0 atom stereocenters. The fraction of sp³-hybridized carbons (Fsp3) is 0.600. The minimum absolute atomic E-state index is 0.491. The van der Waals surface area contributed by atoms with Crippen molar-refractivity contribution in [2.75, 3.05) is 32.2 Å². The predicted octanol–water partition coefficient (Wildman–Crippen LogP) is 3.42. The van der Waals surface area contributed by atoms with Crippen LogP contribution >= 0.6 is 15.9 Å². The molecule has 0 aliphatic rings. The summed E-state index contributed by atoms with van der Waals surface area (Å²) in [6, 6.07) is 6.96. The van der Waals surface area contributed by atoms with Gasteiger partial charge in [0, 0.05) is 50.1 Å². The second-order valence-electron chi connectivity index (χ2n) is 5.08. The van der Waals surface area contributed by atoms with Gasteiger partial charge in [0.05, 0.1) is 0 Å². The fourth-order valence-electron chi connectivity index (χ4n) is 1.95. The van der Waals surface area contributed by atoms with E-state index in [1.54, 1.807) is 7.11 Å². The normalized spacial score (nSPS) is 11.1. The fourth-order valence-corrected chi connectivity index (χ4v) is 2.36. The standard InChI is InChI=1S/C15H25BrN2O/c1-12(2)17-11-13-10-14(16)6-7-15(13)18(3)8-5-9-19-4/h6-7,10,12,17H,5,8-9,11H2,1-4H3. The molecule has 0 aromatic heterocycles. The maximum Gasteiger partial charge on any atom is 0.0479 e. The third-order valence-electron chi connectivity index (χ3n) is 3.00. The highest BCUT2D eigenvalue weighted by atomic mass is 79.9. The number of hydrogen-bond donors (Lipinski definition) is 1. The summed E-state index contributed by atoms with van der Waals surface area (Å²) >= 11 is 3.55. The average Bonchev–Trinajstić information content (AvgIpc) is 2.36. The van der Waals surface area contributed by atoms with Crippen LogP contribution in [0.4, 0.5) is 5.69 Å². The van der Waals surface area contributed by atoms with E-state index in [0.717, 1.165) is 30.6 Å². The van der Waals surface area contributed by atoms with E-state index < -0.39 is 0 Å². The van der Waals surface area contributed by atoms with E-state index in [-0.39, 0.29) is 0 Å². The van der Waals surface area contributed by atoms with Crippen LogP contribution in [0.1, 0.15) is 25.8 Å². The lowest BCUT2D eigenvalue weighted by molar-refractivity contribution is 0.196. The van der Waals surface area contributed by atoms with Crippen LogP contribution in [-0.4, -0.2) is 33.4 Å². The van der Waals surface area contributed by atoms with Crippen molar-refractivity contribution in [3.8, 4) is 0 Å². The molecule has 0 amide bonds. The van der Waals surface area contributed by atoms with E-state index in [1.165, 1.54) is 11.3 Å². The van der Waals surface area contributed by atoms with Crippen molar-refractivity contribution < 1.29 is 4.74 Å². The first-order valence-corrected chi connectivity index (χ1v) is 7.55. The molecule has 0 bridgehead atoms. The quantitative estimate of drug-likeness (QED) is 0.740. The highest BCUT2D eigenvalue weighted by molar-refractivity contribution is 9.10. The Kier molecular flexibility index (Phi) is 7.42. The van der Waals surface area contributed by atoms with Crippen molar-refractivity contribution in [2.24, 2.45) is 0 Å². The van der Waals surface area contributed by atoms with Gasteiger partial charge in [-0.25, -0.2) is 0 Å². The van der Waals surface area contributed by atoms with Crippen LogP contribution in [0, 0.1) is 0 Å². The van der Waals surface area contributed by atoms with Gasteiger partial charge in [0.1, 0.15) is 0 Å². The Labute approximate surface area is 125 Å². The smallest absolute Gasteiger partial charge is 0.0479 e. The molecule has 0 aliphatic heterocycles. The van der Waals surface area contributed by atoms with Gasteiger partial charge in [-0.2, -0.15) is 0 Å². The Hall–Kier alpha value is -0.580. The largest absolute Gasteiger partial charge is 0.385 e. The zero-order valence-corrected chi connectivity index (χ0v) is 14.0. The maximum absolute atomic E-state index is 5.11. The van der Waals surface area contributed by atoms with Crippen LogP contribution < -0.4 is 10.2 Å². The zero-order chi connectivity index (χ0) is 14.3. The second kappa shape index (κ2) is 8.56. The van der Waals surface area contributed by atoms with Crippen molar-refractivity contribution in [3.05, 3.63) is 28.2 Å². The molecule has 0 saturated heterocycles. The number of rotatable bonds is 8. The number of hydrogen-bond acceptors (Lipinski definition) is 3. The highest BCUT2D eigenvalue weighted by Crippen LogP contribution is 2.24. The maximum atomic E-state index is 5.11. The summed E-state index contributed by atoms with van der Waals surface area (Å²) < 4.78 is 6.24. The molecule has 1 aromatic carbocycles.